The average Bonchev–Trinajstić information content (AvgIpc) is 3.31. The summed E-state index contributed by atoms with van der Waals surface area (Å²) in [6.07, 6.45) is 1.17. The largest absolute Gasteiger partial charge is 0.497 e. The highest BCUT2D eigenvalue weighted by Crippen LogP contribution is 2.34. The molecule has 2 amide bonds. The zero-order valence-corrected chi connectivity index (χ0v) is 16.8. The zero-order valence-electron chi connectivity index (χ0n) is 16.8. The third kappa shape index (κ3) is 4.49. The van der Waals surface area contributed by atoms with E-state index in [1.807, 2.05) is 24.3 Å². The first-order valence-corrected chi connectivity index (χ1v) is 9.90. The van der Waals surface area contributed by atoms with Crippen LogP contribution in [0, 0.1) is 0 Å². The van der Waals surface area contributed by atoms with Crippen molar-refractivity contribution in [1.82, 2.24) is 0 Å². The quantitative estimate of drug-likeness (QED) is 0.752. The molecule has 4 rings (SSSR count). The lowest BCUT2D eigenvalue weighted by molar-refractivity contribution is -0.124. The number of amides is 2. The van der Waals surface area contributed by atoms with Gasteiger partial charge in [0.25, 0.3) is 11.8 Å². The van der Waals surface area contributed by atoms with E-state index in [0.29, 0.717) is 49.1 Å². The number of ether oxygens (including phenoxy) is 4. The van der Waals surface area contributed by atoms with Gasteiger partial charge >= 0.3 is 0 Å². The standard InChI is InChI=1S/C22H24N2O6/c1-27-16-5-7-17(8-6-16)28-12-10-24-18-13-15(4-9-19(18)30-14-21(24)25)23-22(26)20-3-2-11-29-20/h4-9,13,20H,2-3,10-12,14H2,1H3,(H,23,26). The molecule has 2 aromatic carbocycles. The molecule has 8 nitrogen and oxygen atoms in total. The summed E-state index contributed by atoms with van der Waals surface area (Å²) in [5.74, 6) is 1.69. The van der Waals surface area contributed by atoms with Gasteiger partial charge in [0, 0.05) is 12.3 Å². The predicted octanol–water partition coefficient (Wildman–Crippen LogP) is 2.62. The van der Waals surface area contributed by atoms with E-state index in [1.165, 1.54) is 0 Å². The first-order valence-electron chi connectivity index (χ1n) is 9.90. The molecule has 0 radical (unpaired) electrons. The second-order valence-electron chi connectivity index (χ2n) is 7.03. The van der Waals surface area contributed by atoms with Crippen molar-refractivity contribution >= 4 is 23.2 Å². The molecule has 0 aliphatic carbocycles. The maximum absolute atomic E-state index is 12.4. The molecule has 2 heterocycles. The van der Waals surface area contributed by atoms with Crippen molar-refractivity contribution in [3.05, 3.63) is 42.5 Å². The van der Waals surface area contributed by atoms with Crippen LogP contribution >= 0.6 is 0 Å². The molecule has 1 unspecified atom stereocenters. The fourth-order valence-corrected chi connectivity index (χ4v) is 3.46. The Morgan fingerprint density at radius 2 is 2.00 bits per heavy atom. The molecule has 158 valence electrons. The SMILES string of the molecule is COc1ccc(OCCN2C(=O)COc3ccc(NC(=O)C4CCCO4)cc32)cc1. The number of anilines is 2. The summed E-state index contributed by atoms with van der Waals surface area (Å²) < 4.78 is 21.8. The number of hydrogen-bond acceptors (Lipinski definition) is 6. The number of methoxy groups -OCH3 is 1. The van der Waals surface area contributed by atoms with Gasteiger partial charge in [0.15, 0.2) is 6.61 Å². The molecule has 1 saturated heterocycles. The van der Waals surface area contributed by atoms with Gasteiger partial charge in [-0.05, 0) is 55.3 Å². The van der Waals surface area contributed by atoms with Gasteiger partial charge < -0.3 is 29.2 Å². The van der Waals surface area contributed by atoms with E-state index in [1.54, 1.807) is 30.2 Å². The van der Waals surface area contributed by atoms with Crippen LogP contribution in [0.3, 0.4) is 0 Å². The third-order valence-electron chi connectivity index (χ3n) is 5.03. The van der Waals surface area contributed by atoms with Crippen LogP contribution in [0.1, 0.15) is 12.8 Å². The average molecular weight is 412 g/mol. The summed E-state index contributed by atoms with van der Waals surface area (Å²) in [5.41, 5.74) is 1.20. The summed E-state index contributed by atoms with van der Waals surface area (Å²) in [6, 6.07) is 12.5. The van der Waals surface area contributed by atoms with E-state index in [4.69, 9.17) is 18.9 Å². The molecule has 0 saturated carbocycles. The second kappa shape index (κ2) is 9.04. The molecule has 1 N–H and O–H groups in total. The lowest BCUT2D eigenvalue weighted by atomic mass is 10.2. The van der Waals surface area contributed by atoms with Crippen molar-refractivity contribution in [2.45, 2.75) is 18.9 Å². The molecule has 30 heavy (non-hydrogen) atoms. The molecule has 2 aliphatic heterocycles. The Balaban J connectivity index is 1.42. The lowest BCUT2D eigenvalue weighted by Gasteiger charge is -2.29. The maximum Gasteiger partial charge on any atom is 0.265 e. The molecule has 2 aliphatic rings. The number of carbonyl (C=O) groups excluding carboxylic acids is 2. The minimum Gasteiger partial charge on any atom is -0.497 e. The van der Waals surface area contributed by atoms with Crippen LogP contribution in [0.2, 0.25) is 0 Å². The van der Waals surface area contributed by atoms with Crippen molar-refractivity contribution < 1.29 is 28.5 Å². The van der Waals surface area contributed by atoms with Crippen molar-refractivity contribution in [2.75, 3.05) is 43.7 Å². The monoisotopic (exact) mass is 412 g/mol. The van der Waals surface area contributed by atoms with Crippen LogP contribution in [-0.2, 0) is 14.3 Å². The van der Waals surface area contributed by atoms with Gasteiger partial charge in [-0.3, -0.25) is 9.59 Å². The summed E-state index contributed by atoms with van der Waals surface area (Å²) in [5, 5.41) is 2.86. The Kier molecular flexibility index (Phi) is 6.04. The highest BCUT2D eigenvalue weighted by Gasteiger charge is 2.27. The van der Waals surface area contributed by atoms with Gasteiger partial charge in [-0.25, -0.2) is 0 Å². The number of nitrogens with zero attached hydrogens (tertiary/aromatic N) is 1. The highest BCUT2D eigenvalue weighted by molar-refractivity contribution is 6.00. The van der Waals surface area contributed by atoms with Crippen LogP contribution in [0.4, 0.5) is 11.4 Å². The number of hydrogen-bond donors (Lipinski definition) is 1. The Morgan fingerprint density at radius 1 is 1.20 bits per heavy atom. The van der Waals surface area contributed by atoms with Crippen LogP contribution < -0.4 is 24.4 Å². The fourth-order valence-electron chi connectivity index (χ4n) is 3.46. The molecule has 1 atom stereocenters. The second-order valence-corrected chi connectivity index (χ2v) is 7.03. The van der Waals surface area contributed by atoms with Gasteiger partial charge in [0.1, 0.15) is 30.0 Å². The summed E-state index contributed by atoms with van der Waals surface area (Å²) in [7, 11) is 1.61. The molecular formula is C22H24N2O6. The number of benzene rings is 2. The summed E-state index contributed by atoms with van der Waals surface area (Å²) in [6.45, 7) is 1.23. The number of carbonyl (C=O) groups is 2. The highest BCUT2D eigenvalue weighted by atomic mass is 16.5. The van der Waals surface area contributed by atoms with Crippen molar-refractivity contribution in [2.24, 2.45) is 0 Å². The van der Waals surface area contributed by atoms with Crippen LogP contribution in [0.15, 0.2) is 42.5 Å². The smallest absolute Gasteiger partial charge is 0.265 e. The van der Waals surface area contributed by atoms with Crippen LogP contribution in [0.25, 0.3) is 0 Å². The molecular weight excluding hydrogens is 388 g/mol. The first kappa shape index (κ1) is 20.0. The minimum atomic E-state index is -0.423. The van der Waals surface area contributed by atoms with Gasteiger partial charge in [-0.2, -0.15) is 0 Å². The first-order chi connectivity index (χ1) is 14.6. The molecule has 2 aromatic rings. The Morgan fingerprint density at radius 3 is 2.73 bits per heavy atom. The van der Waals surface area contributed by atoms with E-state index in [9.17, 15) is 9.59 Å². The third-order valence-corrected chi connectivity index (χ3v) is 5.03. The summed E-state index contributed by atoms with van der Waals surface area (Å²) >= 11 is 0. The van der Waals surface area contributed by atoms with Crippen molar-refractivity contribution in [3.8, 4) is 17.2 Å². The Labute approximate surface area is 174 Å². The van der Waals surface area contributed by atoms with E-state index in [-0.39, 0.29) is 18.4 Å². The summed E-state index contributed by atoms with van der Waals surface area (Å²) in [4.78, 5) is 26.4. The number of rotatable bonds is 7. The van der Waals surface area contributed by atoms with Crippen LogP contribution in [0.5, 0.6) is 17.2 Å². The topological polar surface area (TPSA) is 86.3 Å². The fraction of sp³-hybridized carbons (Fsp3) is 0.364. The van der Waals surface area contributed by atoms with Gasteiger partial charge in [-0.15, -0.1) is 0 Å². The Hall–Kier alpha value is -3.26. The molecule has 0 aromatic heterocycles. The number of fused-ring (bicyclic) bond motifs is 1. The van der Waals surface area contributed by atoms with Gasteiger partial charge in [0.05, 0.1) is 19.3 Å². The predicted molar refractivity (Wildman–Crippen MR) is 110 cm³/mol. The lowest BCUT2D eigenvalue weighted by Crippen LogP contribution is -2.41. The van der Waals surface area contributed by atoms with Gasteiger partial charge in [-0.1, -0.05) is 0 Å². The maximum atomic E-state index is 12.4. The van der Waals surface area contributed by atoms with Crippen molar-refractivity contribution in [3.63, 3.8) is 0 Å². The zero-order chi connectivity index (χ0) is 20.9. The number of nitrogens with one attached hydrogen (secondary N) is 1. The normalized spacial score (nSPS) is 17.8. The Bertz CT molecular complexity index is 908. The molecule has 0 bridgehead atoms. The molecule has 0 spiro atoms. The van der Waals surface area contributed by atoms with E-state index in [2.05, 4.69) is 5.32 Å². The van der Waals surface area contributed by atoms with Gasteiger partial charge in [0.2, 0.25) is 0 Å². The van der Waals surface area contributed by atoms with Crippen molar-refractivity contribution in [1.29, 1.82) is 0 Å². The minimum absolute atomic E-state index is 0.0306. The van der Waals surface area contributed by atoms with E-state index >= 15 is 0 Å². The van der Waals surface area contributed by atoms with E-state index < -0.39 is 6.10 Å². The molecule has 8 heteroatoms. The van der Waals surface area contributed by atoms with E-state index in [0.717, 1.165) is 12.2 Å². The van der Waals surface area contributed by atoms with Crippen LogP contribution in [-0.4, -0.2) is 51.4 Å². The molecule has 1 fully saturated rings.